The molecular formula is C10H6Na2O6S2. The van der Waals surface area contributed by atoms with Gasteiger partial charge in [0.2, 0.25) is 0 Å². The fourth-order valence-corrected chi connectivity index (χ4v) is 2.37. The molecule has 2 aromatic rings. The Morgan fingerprint density at radius 1 is 1.00 bits per heavy atom. The summed E-state index contributed by atoms with van der Waals surface area (Å²) in [7, 11) is -4.46. The fraction of sp³-hybridized carbons (Fsp3) is 0. The van der Waals surface area contributed by atoms with Gasteiger partial charge in [-0.25, -0.2) is 8.42 Å². The molecule has 10 heteroatoms. The van der Waals surface area contributed by atoms with E-state index in [1.54, 1.807) is 18.2 Å². The second-order valence-corrected chi connectivity index (χ2v) is 5.50. The Morgan fingerprint density at radius 2 is 1.60 bits per heavy atom. The molecule has 0 amide bonds. The molecule has 0 saturated carbocycles. The zero-order chi connectivity index (χ0) is 13.2. The molecular weight excluding hydrogens is 326 g/mol. The van der Waals surface area contributed by atoms with Crippen LogP contribution in [0.1, 0.15) is 0 Å². The van der Waals surface area contributed by atoms with Gasteiger partial charge in [-0.3, -0.25) is 5.04 Å². The van der Waals surface area contributed by atoms with Crippen LogP contribution in [-0.2, 0) is 19.5 Å². The fourth-order valence-electron chi connectivity index (χ4n) is 1.46. The van der Waals surface area contributed by atoms with Crippen molar-refractivity contribution in [1.29, 1.82) is 0 Å². The smallest absolute Gasteiger partial charge is 0.744 e. The summed E-state index contributed by atoms with van der Waals surface area (Å²) in [5, 5.41) is 14.2. The summed E-state index contributed by atoms with van der Waals surface area (Å²) in [5.74, 6) is 0. The molecule has 0 N–H and O–H groups in total. The molecule has 96 valence electrons. The normalized spacial score (nSPS) is 10.7. The quantitative estimate of drug-likeness (QED) is 0.182. The minimum Gasteiger partial charge on any atom is -0.744 e. The Bertz CT molecular complexity index is 677. The van der Waals surface area contributed by atoms with Crippen molar-refractivity contribution in [1.82, 2.24) is 0 Å². The second kappa shape index (κ2) is 9.09. The summed E-state index contributed by atoms with van der Waals surface area (Å²) in [6, 6.07) is 8.90. The summed E-state index contributed by atoms with van der Waals surface area (Å²) in [4.78, 5) is 0.325. The molecule has 0 bridgehead atoms. The summed E-state index contributed by atoms with van der Waals surface area (Å²) in [6.45, 7) is 0. The average Bonchev–Trinajstić information content (AvgIpc) is 2.34. The number of hydrogen-bond donors (Lipinski definition) is 0. The van der Waals surface area contributed by atoms with Gasteiger partial charge in [0.15, 0.2) is 0 Å². The van der Waals surface area contributed by atoms with Gasteiger partial charge in [-0.2, -0.15) is 4.33 Å². The van der Waals surface area contributed by atoms with E-state index in [1.165, 1.54) is 18.2 Å². The minimum atomic E-state index is -4.46. The molecule has 6 nitrogen and oxygen atoms in total. The number of fused-ring (bicyclic) bond motifs is 1. The molecule has 0 saturated heterocycles. The van der Waals surface area contributed by atoms with E-state index in [9.17, 15) is 18.2 Å². The van der Waals surface area contributed by atoms with Crippen molar-refractivity contribution < 1.29 is 86.7 Å². The molecule has 0 spiro atoms. The van der Waals surface area contributed by atoms with Crippen molar-refractivity contribution >= 4 is 32.9 Å². The molecule has 20 heavy (non-hydrogen) atoms. The van der Waals surface area contributed by atoms with Crippen molar-refractivity contribution in [3.8, 4) is 0 Å². The number of hydrogen-bond acceptors (Lipinski definition) is 7. The first kappa shape index (κ1) is 20.8. The van der Waals surface area contributed by atoms with E-state index in [-0.39, 0.29) is 64.0 Å². The van der Waals surface area contributed by atoms with E-state index in [2.05, 4.69) is 9.37 Å². The van der Waals surface area contributed by atoms with Crippen LogP contribution in [-0.4, -0.2) is 13.0 Å². The van der Waals surface area contributed by atoms with Crippen LogP contribution in [0.5, 0.6) is 0 Å². The standard InChI is InChI=1S/C10H8O6S2.2Na/c11-15-16-17-9-3-1-8-6-10(18(12,13)14)4-2-7(8)5-9;;/h1-6,11H,(H,12,13,14);;/q;2*+1/p-2. The average molecular weight is 332 g/mol. The number of rotatable bonds is 4. The van der Waals surface area contributed by atoms with Crippen LogP contribution in [0.3, 0.4) is 0 Å². The van der Waals surface area contributed by atoms with Crippen LogP contribution in [0.4, 0.5) is 0 Å². The first-order valence-electron chi connectivity index (χ1n) is 4.63. The molecule has 2 rings (SSSR count). The maximum Gasteiger partial charge on any atom is 1.00 e. The monoisotopic (exact) mass is 332 g/mol. The summed E-state index contributed by atoms with van der Waals surface area (Å²) < 4.78 is 36.7. The molecule has 0 fully saturated rings. The van der Waals surface area contributed by atoms with Gasteiger partial charge < -0.3 is 9.81 Å². The molecule has 0 unspecified atom stereocenters. The minimum absolute atomic E-state index is 0. The van der Waals surface area contributed by atoms with Gasteiger partial charge in [0.1, 0.15) is 10.1 Å². The summed E-state index contributed by atoms with van der Waals surface area (Å²) >= 11 is 0.730. The maximum absolute atomic E-state index is 10.9. The third-order valence-electron chi connectivity index (χ3n) is 2.23. The van der Waals surface area contributed by atoms with E-state index in [1.807, 2.05) is 0 Å². The van der Waals surface area contributed by atoms with Crippen LogP contribution in [0.2, 0.25) is 0 Å². The molecule has 0 radical (unpaired) electrons. The molecule has 0 atom stereocenters. The topological polar surface area (TPSA) is 98.7 Å². The van der Waals surface area contributed by atoms with Gasteiger partial charge in [0, 0.05) is 4.90 Å². The van der Waals surface area contributed by atoms with Crippen molar-refractivity contribution in [2.45, 2.75) is 9.79 Å². The maximum atomic E-state index is 10.9. The predicted octanol–water partition coefficient (Wildman–Crippen LogP) is -5.02. The molecule has 0 aliphatic carbocycles. The van der Waals surface area contributed by atoms with Crippen LogP contribution < -0.4 is 64.4 Å². The Hall–Kier alpha value is 0.840. The van der Waals surface area contributed by atoms with E-state index < -0.39 is 10.1 Å². The van der Waals surface area contributed by atoms with Crippen LogP contribution in [0.25, 0.3) is 10.8 Å². The molecule has 0 aliphatic rings. The van der Waals surface area contributed by atoms with E-state index in [4.69, 9.17) is 0 Å². The first-order chi connectivity index (χ1) is 8.50. The summed E-state index contributed by atoms with van der Waals surface area (Å²) in [6.07, 6.45) is 0. The Labute approximate surface area is 164 Å². The Kier molecular flexibility index (Phi) is 9.47. The largest absolute Gasteiger partial charge is 1.00 e. The molecule has 2 aromatic carbocycles. The summed E-state index contributed by atoms with van der Waals surface area (Å²) in [5.41, 5.74) is 0. The zero-order valence-corrected chi connectivity index (χ0v) is 16.4. The van der Waals surface area contributed by atoms with E-state index in [0.717, 1.165) is 12.0 Å². The van der Waals surface area contributed by atoms with Crippen molar-refractivity contribution in [3.63, 3.8) is 0 Å². The Balaban J connectivity index is 0.00000180. The number of benzene rings is 2. The van der Waals surface area contributed by atoms with Gasteiger partial charge in [0.05, 0.1) is 16.9 Å². The predicted molar refractivity (Wildman–Crippen MR) is 59.9 cm³/mol. The van der Waals surface area contributed by atoms with Crippen LogP contribution in [0, 0.1) is 0 Å². The van der Waals surface area contributed by atoms with Gasteiger partial charge in [0.25, 0.3) is 0 Å². The van der Waals surface area contributed by atoms with Gasteiger partial charge >= 0.3 is 59.1 Å². The SMILES string of the molecule is O=S(=O)([O-])c1ccc2cc(SOO[O-])ccc2c1.[Na+].[Na+]. The van der Waals surface area contributed by atoms with E-state index in [0.29, 0.717) is 15.7 Å². The molecule has 0 heterocycles. The first-order valence-corrected chi connectivity index (χ1v) is 6.78. The van der Waals surface area contributed by atoms with E-state index >= 15 is 0 Å². The van der Waals surface area contributed by atoms with Gasteiger partial charge in [-0.1, -0.05) is 12.1 Å². The zero-order valence-electron chi connectivity index (χ0n) is 10.7. The van der Waals surface area contributed by atoms with Crippen LogP contribution in [0.15, 0.2) is 46.2 Å². The van der Waals surface area contributed by atoms with Crippen LogP contribution >= 0.6 is 12.0 Å². The van der Waals surface area contributed by atoms with Crippen molar-refractivity contribution in [3.05, 3.63) is 36.4 Å². The van der Waals surface area contributed by atoms with Crippen molar-refractivity contribution in [2.75, 3.05) is 0 Å². The third kappa shape index (κ3) is 5.56. The molecule has 0 aromatic heterocycles. The van der Waals surface area contributed by atoms with Gasteiger partial charge in [-0.15, -0.1) is 0 Å². The third-order valence-corrected chi connectivity index (χ3v) is 3.63. The van der Waals surface area contributed by atoms with Gasteiger partial charge in [-0.05, 0) is 35.0 Å². The molecule has 0 aliphatic heterocycles. The second-order valence-electron chi connectivity index (χ2n) is 3.34. The van der Waals surface area contributed by atoms with Crippen molar-refractivity contribution in [2.24, 2.45) is 0 Å². The Morgan fingerprint density at radius 3 is 2.20 bits per heavy atom.